The van der Waals surface area contributed by atoms with E-state index < -0.39 is 6.10 Å². The third-order valence-corrected chi connectivity index (χ3v) is 2.82. The zero-order chi connectivity index (χ0) is 14.3. The molecule has 0 radical (unpaired) electrons. The zero-order valence-corrected chi connectivity index (χ0v) is 12.4. The largest absolute Gasteiger partial charge is 0.389 e. The van der Waals surface area contributed by atoms with Gasteiger partial charge in [-0.25, -0.2) is 0 Å². The molecular weight excluding hydrogens is 242 g/mol. The van der Waals surface area contributed by atoms with Crippen molar-refractivity contribution in [2.24, 2.45) is 0 Å². The Bertz CT molecular complexity index is 228. The summed E-state index contributed by atoms with van der Waals surface area (Å²) in [5.41, 5.74) is 0. The van der Waals surface area contributed by atoms with Gasteiger partial charge in [0.25, 0.3) is 0 Å². The summed E-state index contributed by atoms with van der Waals surface area (Å²) in [5, 5.41) is 13.0. The highest BCUT2D eigenvalue weighted by Crippen LogP contribution is 1.96. The number of aliphatic hydroxyl groups excluding tert-OH is 1. The molecule has 0 bridgehead atoms. The SMILES string of the molecule is C#CCC(CC)NCC(O)COCCOCCCC. The van der Waals surface area contributed by atoms with Gasteiger partial charge in [0.2, 0.25) is 0 Å². The molecule has 0 rings (SSSR count). The Morgan fingerprint density at radius 2 is 1.95 bits per heavy atom. The van der Waals surface area contributed by atoms with Crippen LogP contribution in [0.5, 0.6) is 0 Å². The Morgan fingerprint density at radius 1 is 1.21 bits per heavy atom. The van der Waals surface area contributed by atoms with Crippen molar-refractivity contribution in [3.63, 3.8) is 0 Å². The van der Waals surface area contributed by atoms with E-state index in [2.05, 4.69) is 25.1 Å². The van der Waals surface area contributed by atoms with Gasteiger partial charge in [0.05, 0.1) is 25.9 Å². The Balaban J connectivity index is 3.39. The van der Waals surface area contributed by atoms with Gasteiger partial charge in [-0.3, -0.25) is 0 Å². The lowest BCUT2D eigenvalue weighted by molar-refractivity contribution is 0.00321. The van der Waals surface area contributed by atoms with E-state index >= 15 is 0 Å². The van der Waals surface area contributed by atoms with Gasteiger partial charge in [-0.2, -0.15) is 0 Å². The van der Waals surface area contributed by atoms with E-state index in [0.29, 0.717) is 32.8 Å². The van der Waals surface area contributed by atoms with Gasteiger partial charge in [-0.1, -0.05) is 20.3 Å². The molecule has 2 N–H and O–H groups in total. The fraction of sp³-hybridized carbons (Fsp3) is 0.867. The number of terminal acetylenes is 1. The number of nitrogens with one attached hydrogen (secondary N) is 1. The van der Waals surface area contributed by atoms with Crippen molar-refractivity contribution < 1.29 is 14.6 Å². The molecule has 2 atom stereocenters. The number of unbranched alkanes of at least 4 members (excludes halogenated alkanes) is 1. The predicted molar refractivity (Wildman–Crippen MR) is 78.1 cm³/mol. The highest BCUT2D eigenvalue weighted by atomic mass is 16.5. The van der Waals surface area contributed by atoms with Gasteiger partial charge in [0, 0.05) is 25.6 Å². The highest BCUT2D eigenvalue weighted by molar-refractivity contribution is 4.89. The molecule has 0 heterocycles. The summed E-state index contributed by atoms with van der Waals surface area (Å²) in [5.74, 6) is 2.63. The van der Waals surface area contributed by atoms with Crippen molar-refractivity contribution in [3.8, 4) is 12.3 Å². The van der Waals surface area contributed by atoms with Crippen LogP contribution in [0, 0.1) is 12.3 Å². The van der Waals surface area contributed by atoms with Crippen molar-refractivity contribution >= 4 is 0 Å². The first-order valence-electron chi connectivity index (χ1n) is 7.24. The molecule has 0 aromatic heterocycles. The second-order valence-electron chi connectivity index (χ2n) is 4.62. The Morgan fingerprint density at radius 3 is 2.58 bits per heavy atom. The monoisotopic (exact) mass is 271 g/mol. The summed E-state index contributed by atoms with van der Waals surface area (Å²) in [4.78, 5) is 0. The normalized spacial score (nSPS) is 14.0. The molecule has 2 unspecified atom stereocenters. The van der Waals surface area contributed by atoms with Gasteiger partial charge in [0.15, 0.2) is 0 Å². The molecule has 0 saturated heterocycles. The van der Waals surface area contributed by atoms with Gasteiger partial charge >= 0.3 is 0 Å². The van der Waals surface area contributed by atoms with Crippen LogP contribution in [0.2, 0.25) is 0 Å². The maximum atomic E-state index is 9.72. The van der Waals surface area contributed by atoms with E-state index in [1.165, 1.54) is 0 Å². The lowest BCUT2D eigenvalue weighted by atomic mass is 10.1. The molecule has 4 nitrogen and oxygen atoms in total. The van der Waals surface area contributed by atoms with Crippen molar-refractivity contribution in [1.29, 1.82) is 0 Å². The Hall–Kier alpha value is -0.600. The highest BCUT2D eigenvalue weighted by Gasteiger charge is 2.08. The van der Waals surface area contributed by atoms with Crippen molar-refractivity contribution in [1.82, 2.24) is 5.32 Å². The quantitative estimate of drug-likeness (QED) is 0.394. The van der Waals surface area contributed by atoms with Crippen LogP contribution in [0.1, 0.15) is 39.5 Å². The Labute approximate surface area is 117 Å². The van der Waals surface area contributed by atoms with E-state index in [9.17, 15) is 5.11 Å². The van der Waals surface area contributed by atoms with Crippen LogP contribution < -0.4 is 5.32 Å². The minimum absolute atomic E-state index is 0.275. The van der Waals surface area contributed by atoms with Crippen LogP contribution in [-0.4, -0.2) is 50.2 Å². The summed E-state index contributed by atoms with van der Waals surface area (Å²) < 4.78 is 10.7. The molecule has 0 aliphatic heterocycles. The van der Waals surface area contributed by atoms with Gasteiger partial charge in [-0.05, 0) is 12.8 Å². The topological polar surface area (TPSA) is 50.7 Å². The van der Waals surface area contributed by atoms with Crippen LogP contribution in [0.4, 0.5) is 0 Å². The average molecular weight is 271 g/mol. The number of rotatable bonds is 13. The third kappa shape index (κ3) is 12.2. The molecule has 0 amide bonds. The van der Waals surface area contributed by atoms with Crippen molar-refractivity contribution in [2.45, 2.75) is 51.7 Å². The minimum atomic E-state index is -0.498. The first-order valence-corrected chi connectivity index (χ1v) is 7.24. The summed E-state index contributed by atoms with van der Waals surface area (Å²) in [6.45, 7) is 6.96. The fourth-order valence-corrected chi connectivity index (χ4v) is 1.55. The zero-order valence-electron chi connectivity index (χ0n) is 12.4. The molecular formula is C15H29NO3. The van der Waals surface area contributed by atoms with Crippen molar-refractivity contribution in [2.75, 3.05) is 33.0 Å². The first-order chi connectivity index (χ1) is 9.24. The molecule has 0 saturated carbocycles. The smallest absolute Gasteiger partial charge is 0.0897 e. The Kier molecular flexibility index (Phi) is 13.4. The first kappa shape index (κ1) is 18.4. The summed E-state index contributed by atoms with van der Waals surface area (Å²) >= 11 is 0. The fourth-order valence-electron chi connectivity index (χ4n) is 1.55. The lowest BCUT2D eigenvalue weighted by Gasteiger charge is -2.17. The van der Waals surface area contributed by atoms with Gasteiger partial charge < -0.3 is 19.9 Å². The minimum Gasteiger partial charge on any atom is -0.389 e. The van der Waals surface area contributed by atoms with Crippen LogP contribution in [0.15, 0.2) is 0 Å². The maximum Gasteiger partial charge on any atom is 0.0897 e. The summed E-state index contributed by atoms with van der Waals surface area (Å²) in [6.07, 6.45) is 8.65. The van der Waals surface area contributed by atoms with E-state index in [-0.39, 0.29) is 6.04 Å². The van der Waals surface area contributed by atoms with Crippen LogP contribution >= 0.6 is 0 Å². The average Bonchev–Trinajstić information content (AvgIpc) is 2.42. The lowest BCUT2D eigenvalue weighted by Crippen LogP contribution is -2.37. The summed E-state index contributed by atoms with van der Waals surface area (Å²) in [7, 11) is 0. The molecule has 0 aromatic carbocycles. The third-order valence-electron chi connectivity index (χ3n) is 2.82. The van der Waals surface area contributed by atoms with E-state index in [4.69, 9.17) is 15.9 Å². The second kappa shape index (κ2) is 13.8. The number of aliphatic hydroxyl groups is 1. The molecule has 19 heavy (non-hydrogen) atoms. The number of ether oxygens (including phenoxy) is 2. The van der Waals surface area contributed by atoms with Crippen LogP contribution in [0.25, 0.3) is 0 Å². The van der Waals surface area contributed by atoms with Gasteiger partial charge in [-0.15, -0.1) is 12.3 Å². The molecule has 4 heteroatoms. The number of hydrogen-bond donors (Lipinski definition) is 2. The van der Waals surface area contributed by atoms with Crippen LogP contribution in [0.3, 0.4) is 0 Å². The molecule has 0 aromatic rings. The second-order valence-corrected chi connectivity index (χ2v) is 4.62. The predicted octanol–water partition coefficient (Wildman–Crippen LogP) is 1.57. The maximum absolute atomic E-state index is 9.72. The van der Waals surface area contributed by atoms with Crippen LogP contribution in [-0.2, 0) is 9.47 Å². The molecule has 112 valence electrons. The molecule has 0 spiro atoms. The summed E-state index contributed by atoms with van der Waals surface area (Å²) in [6, 6.07) is 0.275. The molecule has 0 aliphatic rings. The number of hydrogen-bond acceptors (Lipinski definition) is 4. The van der Waals surface area contributed by atoms with E-state index in [0.717, 1.165) is 25.9 Å². The molecule has 0 fully saturated rings. The van der Waals surface area contributed by atoms with E-state index in [1.807, 2.05) is 0 Å². The standard InChI is InChI=1S/C15H29NO3/c1-4-7-9-18-10-11-19-13-15(17)12-16-14(6-3)8-5-2/h2,14-17H,4,6-13H2,1,3H3. The van der Waals surface area contributed by atoms with Crippen molar-refractivity contribution in [3.05, 3.63) is 0 Å². The molecule has 0 aliphatic carbocycles. The van der Waals surface area contributed by atoms with Gasteiger partial charge in [0.1, 0.15) is 0 Å². The van der Waals surface area contributed by atoms with E-state index in [1.54, 1.807) is 0 Å².